The summed E-state index contributed by atoms with van der Waals surface area (Å²) in [6.45, 7) is 6.95. The van der Waals surface area contributed by atoms with Gasteiger partial charge in [-0.05, 0) is 81.8 Å². The number of ether oxygens (including phenoxy) is 1. The van der Waals surface area contributed by atoms with Gasteiger partial charge in [0.1, 0.15) is 5.75 Å². The Morgan fingerprint density at radius 1 is 0.806 bits per heavy atom. The Bertz CT molecular complexity index is 1480. The van der Waals surface area contributed by atoms with Gasteiger partial charge in [-0.3, -0.25) is 9.52 Å². The lowest BCUT2D eigenvalue weighted by molar-refractivity contribution is 0.102. The van der Waals surface area contributed by atoms with Gasteiger partial charge in [-0.25, -0.2) is 21.6 Å². The highest BCUT2D eigenvalue weighted by molar-refractivity contribution is 7.92. The van der Waals surface area contributed by atoms with Gasteiger partial charge in [0.2, 0.25) is 10.0 Å². The summed E-state index contributed by atoms with van der Waals surface area (Å²) < 4.78 is 60.8. The first-order valence-electron chi connectivity index (χ1n) is 11.0. The smallest absolute Gasteiger partial charge is 0.261 e. The minimum Gasteiger partial charge on any atom is -0.495 e. The third kappa shape index (κ3) is 6.42. The molecule has 36 heavy (non-hydrogen) atoms. The zero-order chi connectivity index (χ0) is 26.7. The van der Waals surface area contributed by atoms with Crippen LogP contribution in [-0.4, -0.2) is 35.9 Å². The molecule has 0 heterocycles. The number of amides is 1. The van der Waals surface area contributed by atoms with Gasteiger partial charge in [0.25, 0.3) is 15.9 Å². The van der Waals surface area contributed by atoms with Crippen molar-refractivity contribution in [1.82, 2.24) is 4.72 Å². The van der Waals surface area contributed by atoms with E-state index in [9.17, 15) is 21.6 Å². The molecular weight excluding hydrogens is 502 g/mol. The molecule has 0 radical (unpaired) electrons. The summed E-state index contributed by atoms with van der Waals surface area (Å²) in [5.41, 5.74) is 2.23. The van der Waals surface area contributed by atoms with Crippen LogP contribution in [0.3, 0.4) is 0 Å². The van der Waals surface area contributed by atoms with Crippen LogP contribution in [-0.2, 0) is 20.0 Å². The average molecular weight is 532 g/mol. The molecule has 0 saturated heterocycles. The van der Waals surface area contributed by atoms with Crippen molar-refractivity contribution in [1.29, 1.82) is 0 Å². The quantitative estimate of drug-likeness (QED) is 0.382. The molecule has 3 aromatic carbocycles. The van der Waals surface area contributed by atoms with Crippen molar-refractivity contribution in [3.8, 4) is 5.75 Å². The van der Waals surface area contributed by atoms with Gasteiger partial charge in [-0.1, -0.05) is 17.7 Å². The van der Waals surface area contributed by atoms with E-state index in [1.54, 1.807) is 32.9 Å². The molecule has 0 aliphatic heterocycles. The number of nitrogens with one attached hydrogen (secondary N) is 3. The van der Waals surface area contributed by atoms with E-state index >= 15 is 0 Å². The minimum absolute atomic E-state index is 0.0238. The average Bonchev–Trinajstić information content (AvgIpc) is 2.79. The summed E-state index contributed by atoms with van der Waals surface area (Å²) >= 11 is 0. The molecule has 0 spiro atoms. The molecule has 0 aliphatic rings. The second-order valence-corrected chi connectivity index (χ2v) is 11.9. The predicted molar refractivity (Wildman–Crippen MR) is 140 cm³/mol. The van der Waals surface area contributed by atoms with E-state index in [1.807, 2.05) is 6.92 Å². The number of hydrogen-bond donors (Lipinski definition) is 3. The lowest BCUT2D eigenvalue weighted by Gasteiger charge is -2.15. The van der Waals surface area contributed by atoms with Crippen molar-refractivity contribution < 1.29 is 26.4 Å². The van der Waals surface area contributed by atoms with Crippen molar-refractivity contribution in [2.45, 2.75) is 43.5 Å². The van der Waals surface area contributed by atoms with Crippen LogP contribution in [0.1, 0.15) is 35.3 Å². The molecule has 1 amide bonds. The molecule has 3 aromatic rings. The standard InChI is InChI=1S/C25H29N3O6S2/c1-16(2)27-36(32,33)21-11-13-24(34-5)23(15-21)26-25(29)19-8-12-22(18(4)14-19)28-35(30,31)20-9-6-17(3)7-10-20/h6-16,27-28H,1-5H3,(H,26,29). The van der Waals surface area contributed by atoms with E-state index in [0.717, 1.165) is 5.56 Å². The molecule has 0 atom stereocenters. The van der Waals surface area contributed by atoms with E-state index < -0.39 is 26.0 Å². The van der Waals surface area contributed by atoms with Crippen molar-refractivity contribution >= 4 is 37.3 Å². The highest BCUT2D eigenvalue weighted by Gasteiger charge is 2.20. The van der Waals surface area contributed by atoms with Crippen LogP contribution in [0.5, 0.6) is 5.75 Å². The SMILES string of the molecule is COc1ccc(S(=O)(=O)NC(C)C)cc1NC(=O)c1ccc(NS(=O)(=O)c2ccc(C)cc2)c(C)c1. The number of carbonyl (C=O) groups excluding carboxylic acids is 1. The third-order valence-electron chi connectivity index (χ3n) is 5.18. The lowest BCUT2D eigenvalue weighted by atomic mass is 10.1. The normalized spacial score (nSPS) is 11.8. The zero-order valence-corrected chi connectivity index (χ0v) is 22.2. The number of carbonyl (C=O) groups is 1. The monoisotopic (exact) mass is 531 g/mol. The zero-order valence-electron chi connectivity index (χ0n) is 20.6. The number of aryl methyl sites for hydroxylation is 2. The van der Waals surface area contributed by atoms with Gasteiger partial charge in [0.15, 0.2) is 0 Å². The molecule has 0 saturated carbocycles. The first-order chi connectivity index (χ1) is 16.8. The summed E-state index contributed by atoms with van der Waals surface area (Å²) in [5, 5.41) is 2.67. The Labute approximate surface area is 212 Å². The molecule has 9 nitrogen and oxygen atoms in total. The molecular formula is C25H29N3O6S2. The molecule has 11 heteroatoms. The minimum atomic E-state index is -3.80. The maximum atomic E-state index is 13.0. The molecule has 0 aliphatic carbocycles. The molecule has 3 rings (SSSR count). The highest BCUT2D eigenvalue weighted by atomic mass is 32.2. The first-order valence-corrected chi connectivity index (χ1v) is 14.0. The molecule has 0 fully saturated rings. The maximum Gasteiger partial charge on any atom is 0.261 e. The largest absolute Gasteiger partial charge is 0.495 e. The Morgan fingerprint density at radius 2 is 1.44 bits per heavy atom. The van der Waals surface area contributed by atoms with Crippen LogP contribution in [0.25, 0.3) is 0 Å². The number of methoxy groups -OCH3 is 1. The number of sulfonamides is 2. The number of rotatable bonds is 9. The summed E-state index contributed by atoms with van der Waals surface area (Å²) in [7, 11) is -6.18. The van der Waals surface area contributed by atoms with E-state index in [1.165, 1.54) is 55.6 Å². The summed E-state index contributed by atoms with van der Waals surface area (Å²) in [5.74, 6) is -0.234. The van der Waals surface area contributed by atoms with Crippen molar-refractivity contribution in [2.24, 2.45) is 0 Å². The molecule has 0 bridgehead atoms. The first kappa shape index (κ1) is 27.2. The lowest BCUT2D eigenvalue weighted by Crippen LogP contribution is -2.30. The van der Waals surface area contributed by atoms with Gasteiger partial charge < -0.3 is 10.1 Å². The van der Waals surface area contributed by atoms with E-state index in [-0.39, 0.29) is 32.8 Å². The maximum absolute atomic E-state index is 13.0. The molecule has 0 unspecified atom stereocenters. The van der Waals surface area contributed by atoms with E-state index in [0.29, 0.717) is 11.3 Å². The second-order valence-electron chi connectivity index (χ2n) is 8.54. The number of hydrogen-bond acceptors (Lipinski definition) is 6. The van der Waals surface area contributed by atoms with Crippen LogP contribution in [0, 0.1) is 13.8 Å². The second kappa shape index (κ2) is 10.7. The fourth-order valence-corrected chi connectivity index (χ4v) is 5.77. The highest BCUT2D eigenvalue weighted by Crippen LogP contribution is 2.29. The fourth-order valence-electron chi connectivity index (χ4n) is 3.37. The third-order valence-corrected chi connectivity index (χ3v) is 8.22. The van der Waals surface area contributed by atoms with Crippen LogP contribution >= 0.6 is 0 Å². The van der Waals surface area contributed by atoms with Gasteiger partial charge in [0.05, 0.1) is 28.3 Å². The number of benzene rings is 3. The van der Waals surface area contributed by atoms with Gasteiger partial charge in [0, 0.05) is 11.6 Å². The van der Waals surface area contributed by atoms with E-state index in [2.05, 4.69) is 14.8 Å². The van der Waals surface area contributed by atoms with Gasteiger partial charge in [-0.15, -0.1) is 0 Å². The van der Waals surface area contributed by atoms with Crippen molar-refractivity contribution in [3.05, 3.63) is 77.4 Å². The topological polar surface area (TPSA) is 131 Å². The van der Waals surface area contributed by atoms with Crippen LogP contribution in [0.15, 0.2) is 70.5 Å². The summed E-state index contributed by atoms with van der Waals surface area (Å²) in [6, 6.07) is 14.8. The summed E-state index contributed by atoms with van der Waals surface area (Å²) in [4.78, 5) is 13.1. The molecule has 192 valence electrons. The fraction of sp³-hybridized carbons (Fsp3) is 0.240. The Hall–Kier alpha value is -3.41. The Morgan fingerprint density at radius 3 is 2.03 bits per heavy atom. The van der Waals surface area contributed by atoms with Gasteiger partial charge >= 0.3 is 0 Å². The van der Waals surface area contributed by atoms with Crippen molar-refractivity contribution in [2.75, 3.05) is 17.1 Å². The summed E-state index contributed by atoms with van der Waals surface area (Å²) in [6.07, 6.45) is 0. The predicted octanol–water partition coefficient (Wildman–Crippen LogP) is 4.05. The van der Waals surface area contributed by atoms with Crippen LogP contribution in [0.4, 0.5) is 11.4 Å². The Balaban J connectivity index is 1.84. The molecule has 3 N–H and O–H groups in total. The molecule has 0 aromatic heterocycles. The van der Waals surface area contributed by atoms with E-state index in [4.69, 9.17) is 4.74 Å². The number of anilines is 2. The van der Waals surface area contributed by atoms with Gasteiger partial charge in [-0.2, -0.15) is 0 Å². The van der Waals surface area contributed by atoms with Crippen LogP contribution < -0.4 is 19.5 Å². The Kier molecular flexibility index (Phi) is 8.07. The van der Waals surface area contributed by atoms with Crippen LogP contribution in [0.2, 0.25) is 0 Å². The van der Waals surface area contributed by atoms with Crippen molar-refractivity contribution in [3.63, 3.8) is 0 Å².